The van der Waals surface area contributed by atoms with E-state index in [1.807, 2.05) is 30.3 Å². The zero-order chi connectivity index (χ0) is 12.1. The van der Waals surface area contributed by atoms with Crippen molar-refractivity contribution in [3.63, 3.8) is 0 Å². The monoisotopic (exact) mass is 234 g/mol. The van der Waals surface area contributed by atoms with Crippen LogP contribution in [0.15, 0.2) is 30.3 Å². The van der Waals surface area contributed by atoms with E-state index in [1.165, 1.54) is 11.5 Å². The van der Waals surface area contributed by atoms with Gasteiger partial charge in [-0.3, -0.25) is 0 Å². The van der Waals surface area contributed by atoms with Crippen molar-refractivity contribution < 1.29 is 9.63 Å². The summed E-state index contributed by atoms with van der Waals surface area (Å²) in [7, 11) is 0. The number of para-hydroxylation sites is 1. The van der Waals surface area contributed by atoms with Crippen LogP contribution in [0, 0.1) is 0 Å². The lowest BCUT2D eigenvalue weighted by atomic mass is 9.95. The molecule has 1 saturated carbocycles. The SMILES string of the molecule is NC(=O)N(Oc1ccccc1)C1CCCCC1. The maximum absolute atomic E-state index is 11.4. The third-order valence-corrected chi connectivity index (χ3v) is 3.07. The van der Waals surface area contributed by atoms with Gasteiger partial charge in [-0.15, -0.1) is 0 Å². The standard InChI is InChI=1S/C13H18N2O2/c14-13(16)15(11-7-3-1-4-8-11)17-12-9-5-2-6-10-12/h2,5-6,9-11H,1,3-4,7-8H2,(H2,14,16). The molecule has 4 nitrogen and oxygen atoms in total. The molecular weight excluding hydrogens is 216 g/mol. The molecule has 2 rings (SSSR count). The van der Waals surface area contributed by atoms with Gasteiger partial charge >= 0.3 is 6.03 Å². The molecule has 1 fully saturated rings. The van der Waals surface area contributed by atoms with Crippen LogP contribution in [-0.4, -0.2) is 17.1 Å². The normalized spacial score (nSPS) is 16.5. The number of amides is 2. The number of primary amides is 1. The first-order valence-electron chi connectivity index (χ1n) is 6.09. The predicted molar refractivity (Wildman–Crippen MR) is 65.4 cm³/mol. The molecule has 1 aromatic rings. The molecule has 0 bridgehead atoms. The third kappa shape index (κ3) is 3.12. The minimum atomic E-state index is -0.513. The summed E-state index contributed by atoms with van der Waals surface area (Å²) in [6.07, 6.45) is 5.43. The van der Waals surface area contributed by atoms with Crippen LogP contribution < -0.4 is 10.6 Å². The van der Waals surface area contributed by atoms with Gasteiger partial charge in [-0.25, -0.2) is 4.79 Å². The second kappa shape index (κ2) is 5.57. The Kier molecular flexibility index (Phi) is 3.85. The van der Waals surface area contributed by atoms with Gasteiger partial charge < -0.3 is 10.6 Å². The van der Waals surface area contributed by atoms with Gasteiger partial charge in [-0.1, -0.05) is 37.5 Å². The lowest BCUT2D eigenvalue weighted by Crippen LogP contribution is -2.46. The van der Waals surface area contributed by atoms with Crippen molar-refractivity contribution in [3.8, 4) is 5.75 Å². The number of hydrogen-bond acceptors (Lipinski definition) is 2. The Morgan fingerprint density at radius 2 is 1.82 bits per heavy atom. The average molecular weight is 234 g/mol. The van der Waals surface area contributed by atoms with E-state index < -0.39 is 6.03 Å². The summed E-state index contributed by atoms with van der Waals surface area (Å²) in [4.78, 5) is 17.0. The molecule has 0 aromatic heterocycles. The second-order valence-corrected chi connectivity index (χ2v) is 4.36. The minimum absolute atomic E-state index is 0.112. The summed E-state index contributed by atoms with van der Waals surface area (Å²) in [6.45, 7) is 0. The zero-order valence-corrected chi connectivity index (χ0v) is 9.84. The van der Waals surface area contributed by atoms with Gasteiger partial charge in [0, 0.05) is 0 Å². The van der Waals surface area contributed by atoms with E-state index in [2.05, 4.69) is 0 Å². The van der Waals surface area contributed by atoms with E-state index >= 15 is 0 Å². The fourth-order valence-electron chi connectivity index (χ4n) is 2.21. The van der Waals surface area contributed by atoms with E-state index in [0.29, 0.717) is 5.75 Å². The second-order valence-electron chi connectivity index (χ2n) is 4.36. The Labute approximate surface area is 101 Å². The van der Waals surface area contributed by atoms with Crippen molar-refractivity contribution in [2.45, 2.75) is 38.1 Å². The van der Waals surface area contributed by atoms with Gasteiger partial charge in [0.2, 0.25) is 0 Å². The number of hydroxylamine groups is 2. The number of urea groups is 1. The first kappa shape index (κ1) is 11.8. The topological polar surface area (TPSA) is 55.6 Å². The highest BCUT2D eigenvalue weighted by molar-refractivity contribution is 5.71. The summed E-state index contributed by atoms with van der Waals surface area (Å²) in [6, 6.07) is 8.88. The molecule has 1 aromatic carbocycles. The van der Waals surface area contributed by atoms with Crippen LogP contribution in [0.25, 0.3) is 0 Å². The molecule has 0 spiro atoms. The lowest BCUT2D eigenvalue weighted by Gasteiger charge is -2.31. The maximum Gasteiger partial charge on any atom is 0.348 e. The molecular formula is C13H18N2O2. The summed E-state index contributed by atoms with van der Waals surface area (Å²) in [5.74, 6) is 0.650. The first-order chi connectivity index (χ1) is 8.27. The van der Waals surface area contributed by atoms with Crippen LogP contribution in [0.5, 0.6) is 5.75 Å². The molecule has 0 unspecified atom stereocenters. The van der Waals surface area contributed by atoms with Crippen molar-refractivity contribution in [2.24, 2.45) is 5.73 Å². The first-order valence-corrected chi connectivity index (χ1v) is 6.09. The molecule has 2 N–H and O–H groups in total. The molecule has 0 aliphatic heterocycles. The Bertz CT molecular complexity index is 361. The van der Waals surface area contributed by atoms with E-state index in [1.54, 1.807) is 0 Å². The Hall–Kier alpha value is -1.71. The molecule has 0 heterocycles. The van der Waals surface area contributed by atoms with Crippen LogP contribution in [0.2, 0.25) is 0 Å². The molecule has 0 radical (unpaired) electrons. The number of hydrogen-bond donors (Lipinski definition) is 1. The largest absolute Gasteiger partial charge is 0.375 e. The summed E-state index contributed by atoms with van der Waals surface area (Å²) in [5, 5.41) is 1.33. The smallest absolute Gasteiger partial charge is 0.348 e. The summed E-state index contributed by atoms with van der Waals surface area (Å²) < 4.78 is 0. The quantitative estimate of drug-likeness (QED) is 0.817. The fourth-order valence-corrected chi connectivity index (χ4v) is 2.21. The molecule has 1 aliphatic rings. The van der Waals surface area contributed by atoms with Gasteiger partial charge in [0.15, 0.2) is 5.75 Å². The number of benzene rings is 1. The van der Waals surface area contributed by atoms with Crippen molar-refractivity contribution >= 4 is 6.03 Å². The van der Waals surface area contributed by atoms with E-state index in [4.69, 9.17) is 10.6 Å². The maximum atomic E-state index is 11.4. The number of carbonyl (C=O) groups excluding carboxylic acids is 1. The summed E-state index contributed by atoms with van der Waals surface area (Å²) >= 11 is 0. The molecule has 0 atom stereocenters. The van der Waals surface area contributed by atoms with Crippen LogP contribution in [0.4, 0.5) is 4.79 Å². The van der Waals surface area contributed by atoms with Gasteiger partial charge in [0.05, 0.1) is 6.04 Å². The Morgan fingerprint density at radius 1 is 1.18 bits per heavy atom. The van der Waals surface area contributed by atoms with Crippen LogP contribution in [0.3, 0.4) is 0 Å². The molecule has 17 heavy (non-hydrogen) atoms. The van der Waals surface area contributed by atoms with E-state index in [0.717, 1.165) is 25.7 Å². The van der Waals surface area contributed by atoms with Gasteiger partial charge in [-0.05, 0) is 25.0 Å². The highest BCUT2D eigenvalue weighted by Crippen LogP contribution is 2.24. The molecule has 92 valence electrons. The number of carbonyl (C=O) groups is 1. The van der Waals surface area contributed by atoms with Crippen LogP contribution in [0.1, 0.15) is 32.1 Å². The van der Waals surface area contributed by atoms with Gasteiger partial charge in [0.1, 0.15) is 0 Å². The highest BCUT2D eigenvalue weighted by atomic mass is 16.7. The van der Waals surface area contributed by atoms with Crippen LogP contribution in [-0.2, 0) is 0 Å². The Balaban J connectivity index is 2.04. The summed E-state index contributed by atoms with van der Waals surface area (Å²) in [5.41, 5.74) is 5.38. The minimum Gasteiger partial charge on any atom is -0.375 e. The number of nitrogens with zero attached hydrogens (tertiary/aromatic N) is 1. The average Bonchev–Trinajstić information content (AvgIpc) is 2.38. The molecule has 4 heteroatoms. The van der Waals surface area contributed by atoms with Gasteiger partial charge in [0.25, 0.3) is 0 Å². The Morgan fingerprint density at radius 3 is 2.41 bits per heavy atom. The van der Waals surface area contributed by atoms with Crippen molar-refractivity contribution in [3.05, 3.63) is 30.3 Å². The molecule has 2 amide bonds. The number of nitrogens with two attached hydrogens (primary N) is 1. The zero-order valence-electron chi connectivity index (χ0n) is 9.84. The van der Waals surface area contributed by atoms with E-state index in [9.17, 15) is 4.79 Å². The predicted octanol–water partition coefficient (Wildman–Crippen LogP) is 2.69. The number of rotatable bonds is 3. The van der Waals surface area contributed by atoms with Crippen molar-refractivity contribution in [1.82, 2.24) is 5.06 Å². The molecule has 0 saturated heterocycles. The molecule has 1 aliphatic carbocycles. The highest BCUT2D eigenvalue weighted by Gasteiger charge is 2.25. The van der Waals surface area contributed by atoms with E-state index in [-0.39, 0.29) is 6.04 Å². The lowest BCUT2D eigenvalue weighted by molar-refractivity contribution is -0.0555. The fraction of sp³-hybridized carbons (Fsp3) is 0.462. The van der Waals surface area contributed by atoms with Crippen molar-refractivity contribution in [1.29, 1.82) is 0 Å². The third-order valence-electron chi connectivity index (χ3n) is 3.07. The van der Waals surface area contributed by atoms with Crippen LogP contribution >= 0.6 is 0 Å². The van der Waals surface area contributed by atoms with Gasteiger partial charge in [-0.2, -0.15) is 5.06 Å². The van der Waals surface area contributed by atoms with Crippen molar-refractivity contribution in [2.75, 3.05) is 0 Å².